The molecule has 0 bridgehead atoms. The molecule has 0 saturated heterocycles. The number of imidazole rings is 1. The van der Waals surface area contributed by atoms with E-state index in [1.54, 1.807) is 42.7 Å². The number of esters is 1. The lowest BCUT2D eigenvalue weighted by atomic mass is 10.2. The van der Waals surface area contributed by atoms with E-state index >= 15 is 0 Å². The molecule has 4 aromatic rings. The predicted molar refractivity (Wildman–Crippen MR) is 117 cm³/mol. The number of ether oxygens (including phenoxy) is 1. The Morgan fingerprint density at radius 3 is 2.77 bits per heavy atom. The first-order chi connectivity index (χ1) is 14.9. The fourth-order valence-corrected chi connectivity index (χ4v) is 3.22. The quantitative estimate of drug-likeness (QED) is 0.401. The largest absolute Gasteiger partial charge is 0.449 e. The van der Waals surface area contributed by atoms with Crippen molar-refractivity contribution in [3.63, 3.8) is 0 Å². The van der Waals surface area contributed by atoms with E-state index in [2.05, 4.69) is 36.2 Å². The van der Waals surface area contributed by atoms with Crippen LogP contribution in [0.5, 0.6) is 0 Å². The molecule has 0 saturated carbocycles. The minimum absolute atomic E-state index is 0.00194. The number of fused-ring (bicyclic) bond motifs is 1. The van der Waals surface area contributed by atoms with Crippen molar-refractivity contribution in [2.45, 2.75) is 13.0 Å². The maximum absolute atomic E-state index is 13.9. The molecule has 0 aliphatic rings. The summed E-state index contributed by atoms with van der Waals surface area (Å²) in [5.41, 5.74) is 2.38. The molecule has 9 heteroatoms. The van der Waals surface area contributed by atoms with Crippen LogP contribution in [-0.2, 0) is 9.53 Å². The number of benzene rings is 2. The van der Waals surface area contributed by atoms with Crippen LogP contribution >= 0.6 is 15.9 Å². The van der Waals surface area contributed by atoms with E-state index < -0.39 is 23.8 Å². The van der Waals surface area contributed by atoms with Crippen LogP contribution in [0.4, 0.5) is 10.1 Å². The molecule has 2 N–H and O–H groups in total. The minimum Gasteiger partial charge on any atom is -0.449 e. The lowest BCUT2D eigenvalue weighted by molar-refractivity contribution is -0.123. The van der Waals surface area contributed by atoms with E-state index in [9.17, 15) is 14.0 Å². The molecule has 2 heterocycles. The predicted octanol–water partition coefficient (Wildman–Crippen LogP) is 4.71. The third-order valence-corrected chi connectivity index (χ3v) is 4.99. The van der Waals surface area contributed by atoms with Gasteiger partial charge in [-0.1, -0.05) is 15.9 Å². The van der Waals surface area contributed by atoms with Crippen LogP contribution in [0, 0.1) is 5.82 Å². The molecule has 4 rings (SSSR count). The monoisotopic (exact) mass is 482 g/mol. The zero-order valence-corrected chi connectivity index (χ0v) is 17.8. The Kier molecular flexibility index (Phi) is 5.77. The maximum Gasteiger partial charge on any atom is 0.338 e. The molecule has 0 fully saturated rings. The van der Waals surface area contributed by atoms with Crippen molar-refractivity contribution in [1.82, 2.24) is 15.0 Å². The van der Waals surface area contributed by atoms with Crippen molar-refractivity contribution in [3.05, 3.63) is 76.8 Å². The van der Waals surface area contributed by atoms with E-state index in [1.165, 1.54) is 19.1 Å². The van der Waals surface area contributed by atoms with Crippen LogP contribution in [0.2, 0.25) is 0 Å². The van der Waals surface area contributed by atoms with Gasteiger partial charge in [-0.15, -0.1) is 0 Å². The Morgan fingerprint density at radius 2 is 2.03 bits per heavy atom. The third kappa shape index (κ3) is 4.61. The summed E-state index contributed by atoms with van der Waals surface area (Å²) in [6.45, 7) is 1.42. The summed E-state index contributed by atoms with van der Waals surface area (Å²) in [5, 5.41) is 2.41. The van der Waals surface area contributed by atoms with Gasteiger partial charge < -0.3 is 15.0 Å². The van der Waals surface area contributed by atoms with Crippen LogP contribution in [0.25, 0.3) is 22.4 Å². The number of nitrogens with zero attached hydrogens (tertiary/aromatic N) is 2. The number of pyridine rings is 1. The van der Waals surface area contributed by atoms with Gasteiger partial charge >= 0.3 is 5.97 Å². The molecule has 0 spiro atoms. The van der Waals surface area contributed by atoms with Crippen molar-refractivity contribution >= 4 is 44.5 Å². The second-order valence-corrected chi connectivity index (χ2v) is 7.64. The van der Waals surface area contributed by atoms with Crippen LogP contribution < -0.4 is 5.32 Å². The topological polar surface area (TPSA) is 97.0 Å². The summed E-state index contributed by atoms with van der Waals surface area (Å²) in [4.78, 5) is 36.5. The third-order valence-electron chi connectivity index (χ3n) is 4.49. The highest BCUT2D eigenvalue weighted by molar-refractivity contribution is 9.10. The van der Waals surface area contributed by atoms with Crippen molar-refractivity contribution < 1.29 is 18.7 Å². The number of anilines is 1. The lowest BCUT2D eigenvalue weighted by Gasteiger charge is -2.14. The average molecular weight is 483 g/mol. The molecule has 2 aromatic carbocycles. The van der Waals surface area contributed by atoms with Gasteiger partial charge in [-0.2, -0.15) is 0 Å². The maximum atomic E-state index is 13.9. The summed E-state index contributed by atoms with van der Waals surface area (Å²) in [7, 11) is 0. The fraction of sp³-hybridized carbons (Fsp3) is 0.0909. The van der Waals surface area contributed by atoms with E-state index in [0.717, 1.165) is 5.56 Å². The van der Waals surface area contributed by atoms with Gasteiger partial charge in [0.1, 0.15) is 11.6 Å². The SMILES string of the molecule is CC(OC(=O)c1ccc2nc(-c3cccnc3)[nH]c2c1)C(=O)Nc1ccc(Br)cc1F. The number of rotatable bonds is 5. The second-order valence-electron chi connectivity index (χ2n) is 6.72. The fourth-order valence-electron chi connectivity index (χ4n) is 2.88. The van der Waals surface area contributed by atoms with Gasteiger partial charge in [0, 0.05) is 22.4 Å². The number of amides is 1. The molecule has 1 atom stereocenters. The van der Waals surface area contributed by atoms with Crippen LogP contribution in [0.3, 0.4) is 0 Å². The highest BCUT2D eigenvalue weighted by Crippen LogP contribution is 2.22. The van der Waals surface area contributed by atoms with Gasteiger partial charge in [0.25, 0.3) is 5.91 Å². The molecule has 0 aliphatic carbocycles. The number of aromatic amines is 1. The van der Waals surface area contributed by atoms with Gasteiger partial charge in [0.2, 0.25) is 0 Å². The van der Waals surface area contributed by atoms with Crippen LogP contribution in [-0.4, -0.2) is 32.9 Å². The number of aromatic nitrogens is 3. The zero-order valence-electron chi connectivity index (χ0n) is 16.2. The Hall–Kier alpha value is -3.59. The molecule has 0 aliphatic heterocycles. The van der Waals surface area contributed by atoms with Crippen molar-refractivity contribution in [1.29, 1.82) is 0 Å². The Bertz CT molecular complexity index is 1280. The molecule has 1 amide bonds. The molecule has 0 radical (unpaired) electrons. The van der Waals surface area contributed by atoms with Crippen LogP contribution in [0.15, 0.2) is 65.4 Å². The molecule has 7 nitrogen and oxygen atoms in total. The number of carbonyl (C=O) groups is 2. The summed E-state index contributed by atoms with van der Waals surface area (Å²) >= 11 is 3.15. The van der Waals surface area contributed by atoms with E-state index in [1.807, 2.05) is 6.07 Å². The first kappa shape index (κ1) is 20.7. The van der Waals surface area contributed by atoms with Gasteiger partial charge in [-0.05, 0) is 55.5 Å². The molecule has 31 heavy (non-hydrogen) atoms. The lowest BCUT2D eigenvalue weighted by Crippen LogP contribution is -2.30. The molecule has 156 valence electrons. The normalized spacial score (nSPS) is 11.8. The van der Waals surface area contributed by atoms with Crippen LogP contribution in [0.1, 0.15) is 17.3 Å². The van der Waals surface area contributed by atoms with Gasteiger partial charge in [0.15, 0.2) is 6.10 Å². The minimum atomic E-state index is -1.13. The van der Waals surface area contributed by atoms with Gasteiger partial charge in [-0.3, -0.25) is 9.78 Å². The van der Waals surface area contributed by atoms with Gasteiger partial charge in [0.05, 0.1) is 22.3 Å². The highest BCUT2D eigenvalue weighted by Gasteiger charge is 2.21. The van der Waals surface area contributed by atoms with Crippen molar-refractivity contribution in [2.75, 3.05) is 5.32 Å². The highest BCUT2D eigenvalue weighted by atomic mass is 79.9. The number of hydrogen-bond donors (Lipinski definition) is 2. The Balaban J connectivity index is 1.46. The first-order valence-electron chi connectivity index (χ1n) is 9.28. The average Bonchev–Trinajstić information content (AvgIpc) is 3.19. The first-order valence-corrected chi connectivity index (χ1v) is 10.1. The summed E-state index contributed by atoms with van der Waals surface area (Å²) in [6.07, 6.45) is 2.23. The molecular weight excluding hydrogens is 467 g/mol. The number of hydrogen-bond acceptors (Lipinski definition) is 5. The number of halogens is 2. The van der Waals surface area contributed by atoms with E-state index in [4.69, 9.17) is 4.74 Å². The Labute approximate surface area is 184 Å². The molecule has 2 aromatic heterocycles. The van der Waals surface area contributed by atoms with Crippen molar-refractivity contribution in [3.8, 4) is 11.4 Å². The molecule has 1 unspecified atom stereocenters. The van der Waals surface area contributed by atoms with E-state index in [0.29, 0.717) is 21.3 Å². The van der Waals surface area contributed by atoms with E-state index in [-0.39, 0.29) is 11.3 Å². The number of carbonyl (C=O) groups excluding carboxylic acids is 2. The zero-order chi connectivity index (χ0) is 22.0. The smallest absolute Gasteiger partial charge is 0.338 e. The second kappa shape index (κ2) is 8.65. The number of H-pyrrole nitrogens is 1. The summed E-state index contributed by atoms with van der Waals surface area (Å²) in [6, 6.07) is 12.8. The van der Waals surface area contributed by atoms with Crippen molar-refractivity contribution in [2.24, 2.45) is 0 Å². The molecular formula is C22H16BrFN4O3. The van der Waals surface area contributed by atoms with Gasteiger partial charge in [-0.25, -0.2) is 14.2 Å². The Morgan fingerprint density at radius 1 is 1.19 bits per heavy atom. The number of nitrogens with one attached hydrogen (secondary N) is 2. The summed E-state index contributed by atoms with van der Waals surface area (Å²) in [5.74, 6) is -1.30. The summed E-state index contributed by atoms with van der Waals surface area (Å²) < 4.78 is 19.7. The standard InChI is InChI=1S/C22H16BrFN4O3/c1-12(21(29)28-17-7-5-15(23)10-16(17)24)31-22(30)13-4-6-18-19(9-13)27-20(26-18)14-3-2-8-25-11-14/h2-12H,1H3,(H,26,27)(H,28,29).